The summed E-state index contributed by atoms with van der Waals surface area (Å²) in [6.45, 7) is 0. The first-order chi connectivity index (χ1) is 12.9. The summed E-state index contributed by atoms with van der Waals surface area (Å²) >= 11 is 1.91. The van der Waals surface area contributed by atoms with Gasteiger partial charge in [0.15, 0.2) is 5.82 Å². The number of thioether (sulfide) groups is 1. The standard InChI is InChI=1S/C22H17N3S/c1-3-9-16(10-4-1)20-15-21-23-24-22(17-11-5-2-6-12-17)25(21)18-13-7-8-14-19(18)26-20/h1-14,20H,15H2. The van der Waals surface area contributed by atoms with E-state index in [2.05, 4.69) is 81.5 Å². The van der Waals surface area contributed by atoms with E-state index in [1.807, 2.05) is 30.0 Å². The van der Waals surface area contributed by atoms with Gasteiger partial charge in [-0.1, -0.05) is 72.8 Å². The molecule has 26 heavy (non-hydrogen) atoms. The lowest BCUT2D eigenvalue weighted by Crippen LogP contribution is -2.04. The molecule has 0 aliphatic carbocycles. The van der Waals surface area contributed by atoms with Crippen LogP contribution in [-0.4, -0.2) is 14.8 Å². The van der Waals surface area contributed by atoms with Gasteiger partial charge in [0.1, 0.15) is 5.82 Å². The summed E-state index contributed by atoms with van der Waals surface area (Å²) in [6, 6.07) is 29.5. The fraction of sp³-hybridized carbons (Fsp3) is 0.0909. The maximum absolute atomic E-state index is 4.57. The highest BCUT2D eigenvalue weighted by Crippen LogP contribution is 2.44. The third kappa shape index (κ3) is 2.63. The van der Waals surface area contributed by atoms with E-state index in [9.17, 15) is 0 Å². The van der Waals surface area contributed by atoms with Crippen molar-refractivity contribution in [2.24, 2.45) is 0 Å². The Morgan fingerprint density at radius 2 is 1.46 bits per heavy atom. The van der Waals surface area contributed by atoms with E-state index in [1.54, 1.807) is 0 Å². The van der Waals surface area contributed by atoms with Crippen LogP contribution in [-0.2, 0) is 6.42 Å². The first kappa shape index (κ1) is 15.4. The van der Waals surface area contributed by atoms with E-state index in [0.29, 0.717) is 5.25 Å². The van der Waals surface area contributed by atoms with E-state index in [1.165, 1.54) is 10.5 Å². The van der Waals surface area contributed by atoms with Gasteiger partial charge in [0.2, 0.25) is 0 Å². The van der Waals surface area contributed by atoms with Crippen LogP contribution in [0, 0.1) is 0 Å². The van der Waals surface area contributed by atoms with Crippen molar-refractivity contribution in [3.63, 3.8) is 0 Å². The summed E-state index contributed by atoms with van der Waals surface area (Å²) < 4.78 is 2.22. The second-order valence-corrected chi connectivity index (χ2v) is 7.57. The Morgan fingerprint density at radius 1 is 0.769 bits per heavy atom. The Balaban J connectivity index is 1.70. The van der Waals surface area contributed by atoms with Crippen LogP contribution in [0.1, 0.15) is 16.6 Å². The van der Waals surface area contributed by atoms with Gasteiger partial charge in [-0.2, -0.15) is 0 Å². The van der Waals surface area contributed by atoms with Gasteiger partial charge >= 0.3 is 0 Å². The molecule has 4 aromatic rings. The number of hydrogen-bond donors (Lipinski definition) is 0. The molecule has 1 aromatic heterocycles. The molecular formula is C22H17N3S. The predicted molar refractivity (Wildman–Crippen MR) is 106 cm³/mol. The molecule has 1 aliphatic rings. The van der Waals surface area contributed by atoms with Crippen molar-refractivity contribution in [2.75, 3.05) is 0 Å². The zero-order chi connectivity index (χ0) is 17.3. The number of fused-ring (bicyclic) bond motifs is 3. The molecule has 0 radical (unpaired) electrons. The van der Waals surface area contributed by atoms with E-state index in [0.717, 1.165) is 29.3 Å². The zero-order valence-corrected chi connectivity index (χ0v) is 14.9. The molecule has 1 atom stereocenters. The van der Waals surface area contributed by atoms with Gasteiger partial charge in [0.05, 0.1) is 5.69 Å². The first-order valence-electron chi connectivity index (χ1n) is 8.71. The van der Waals surface area contributed by atoms with Crippen LogP contribution in [0.2, 0.25) is 0 Å². The molecule has 0 bridgehead atoms. The number of para-hydroxylation sites is 1. The lowest BCUT2D eigenvalue weighted by atomic mass is 10.1. The molecule has 0 fully saturated rings. The second-order valence-electron chi connectivity index (χ2n) is 6.33. The number of hydrogen-bond acceptors (Lipinski definition) is 3. The van der Waals surface area contributed by atoms with E-state index in [4.69, 9.17) is 0 Å². The third-order valence-corrected chi connectivity index (χ3v) is 6.00. The lowest BCUT2D eigenvalue weighted by Gasteiger charge is -2.14. The molecule has 1 aliphatic heterocycles. The SMILES string of the molecule is c1ccc(-c2nnc3n2-c2ccccc2SC(c2ccccc2)C3)cc1. The maximum Gasteiger partial charge on any atom is 0.168 e. The molecule has 0 saturated carbocycles. The van der Waals surface area contributed by atoms with Gasteiger partial charge in [-0.05, 0) is 17.7 Å². The molecule has 2 heterocycles. The first-order valence-corrected chi connectivity index (χ1v) is 9.59. The second kappa shape index (κ2) is 6.46. The van der Waals surface area contributed by atoms with Crippen molar-refractivity contribution in [3.8, 4) is 17.1 Å². The molecule has 0 spiro atoms. The fourth-order valence-electron chi connectivity index (χ4n) is 3.43. The van der Waals surface area contributed by atoms with Crippen LogP contribution >= 0.6 is 11.8 Å². The molecule has 3 aromatic carbocycles. The molecule has 0 N–H and O–H groups in total. The van der Waals surface area contributed by atoms with E-state index < -0.39 is 0 Å². The minimum atomic E-state index is 0.325. The average Bonchev–Trinajstić information content (AvgIpc) is 3.05. The molecule has 1 unspecified atom stereocenters. The Morgan fingerprint density at radius 3 is 2.27 bits per heavy atom. The highest BCUT2D eigenvalue weighted by Gasteiger charge is 2.26. The Hall–Kier alpha value is -2.85. The van der Waals surface area contributed by atoms with Gasteiger partial charge in [-0.3, -0.25) is 4.57 Å². The Labute approximate surface area is 156 Å². The van der Waals surface area contributed by atoms with Gasteiger partial charge < -0.3 is 0 Å². The zero-order valence-electron chi connectivity index (χ0n) is 14.1. The topological polar surface area (TPSA) is 30.7 Å². The summed E-state index contributed by atoms with van der Waals surface area (Å²) in [5, 5.41) is 9.43. The van der Waals surface area contributed by atoms with E-state index >= 15 is 0 Å². The van der Waals surface area contributed by atoms with Crippen LogP contribution in [0.15, 0.2) is 89.8 Å². The summed E-state index contributed by atoms with van der Waals surface area (Å²) in [5.41, 5.74) is 3.57. The lowest BCUT2D eigenvalue weighted by molar-refractivity contribution is 0.817. The normalized spacial score (nSPS) is 15.8. The quantitative estimate of drug-likeness (QED) is 0.487. The number of aromatic nitrogens is 3. The van der Waals surface area contributed by atoms with Crippen molar-refractivity contribution in [3.05, 3.63) is 96.3 Å². The van der Waals surface area contributed by atoms with E-state index in [-0.39, 0.29) is 0 Å². The fourth-order valence-corrected chi connectivity index (χ4v) is 4.70. The van der Waals surface area contributed by atoms with Crippen molar-refractivity contribution < 1.29 is 0 Å². The van der Waals surface area contributed by atoms with Crippen LogP contribution in [0.4, 0.5) is 0 Å². The Kier molecular flexibility index (Phi) is 3.83. The Bertz CT molecular complexity index is 1040. The van der Waals surface area contributed by atoms with Gasteiger partial charge in [-0.15, -0.1) is 22.0 Å². The van der Waals surface area contributed by atoms with Gasteiger partial charge in [-0.25, -0.2) is 0 Å². The predicted octanol–water partition coefficient (Wildman–Crippen LogP) is 5.32. The molecule has 3 nitrogen and oxygen atoms in total. The van der Waals surface area contributed by atoms with Crippen LogP contribution in [0.3, 0.4) is 0 Å². The number of rotatable bonds is 2. The summed E-state index contributed by atoms with van der Waals surface area (Å²) in [6.07, 6.45) is 0.850. The van der Waals surface area contributed by atoms with Gasteiger partial charge in [0.25, 0.3) is 0 Å². The molecule has 4 heteroatoms. The summed E-state index contributed by atoms with van der Waals surface area (Å²) in [5.74, 6) is 1.91. The molecule has 0 amide bonds. The largest absolute Gasteiger partial charge is 0.278 e. The summed E-state index contributed by atoms with van der Waals surface area (Å²) in [7, 11) is 0. The number of nitrogens with zero attached hydrogens (tertiary/aromatic N) is 3. The van der Waals surface area contributed by atoms with Gasteiger partial charge in [0, 0.05) is 22.1 Å². The average molecular weight is 355 g/mol. The van der Waals surface area contributed by atoms with Crippen molar-refractivity contribution in [1.82, 2.24) is 14.8 Å². The minimum absolute atomic E-state index is 0.325. The minimum Gasteiger partial charge on any atom is -0.278 e. The maximum atomic E-state index is 4.57. The molecule has 126 valence electrons. The number of benzene rings is 3. The van der Waals surface area contributed by atoms with Crippen LogP contribution in [0.25, 0.3) is 17.1 Å². The monoisotopic (exact) mass is 355 g/mol. The highest BCUT2D eigenvalue weighted by atomic mass is 32.2. The third-order valence-electron chi connectivity index (χ3n) is 4.68. The smallest absolute Gasteiger partial charge is 0.168 e. The highest BCUT2D eigenvalue weighted by molar-refractivity contribution is 7.99. The summed E-state index contributed by atoms with van der Waals surface area (Å²) in [4.78, 5) is 1.26. The molecule has 0 saturated heterocycles. The van der Waals surface area contributed by atoms with Crippen molar-refractivity contribution in [2.45, 2.75) is 16.6 Å². The van der Waals surface area contributed by atoms with Crippen LogP contribution < -0.4 is 0 Å². The van der Waals surface area contributed by atoms with Crippen molar-refractivity contribution >= 4 is 11.8 Å². The van der Waals surface area contributed by atoms with Crippen LogP contribution in [0.5, 0.6) is 0 Å². The molecule has 5 rings (SSSR count). The van der Waals surface area contributed by atoms with Crippen molar-refractivity contribution in [1.29, 1.82) is 0 Å². The molecular weight excluding hydrogens is 338 g/mol.